The van der Waals surface area contributed by atoms with Crippen molar-refractivity contribution in [2.75, 3.05) is 6.61 Å². The Kier molecular flexibility index (Phi) is 5.71. The lowest BCUT2D eigenvalue weighted by Gasteiger charge is -2.41. The van der Waals surface area contributed by atoms with Gasteiger partial charge in [0.15, 0.2) is 0 Å². The zero-order valence-corrected chi connectivity index (χ0v) is 16.5. The van der Waals surface area contributed by atoms with Gasteiger partial charge in [-0.1, -0.05) is 43.3 Å². The molecule has 1 aliphatic heterocycles. The summed E-state index contributed by atoms with van der Waals surface area (Å²) in [6, 6.07) is 16.3. The van der Waals surface area contributed by atoms with Crippen LogP contribution in [0.25, 0.3) is 0 Å². The highest BCUT2D eigenvalue weighted by atomic mass is 16.5. The first kappa shape index (κ1) is 20.1. The highest BCUT2D eigenvalue weighted by molar-refractivity contribution is 5.44. The molecule has 5 nitrogen and oxygen atoms in total. The second kappa shape index (κ2) is 8.25. The highest BCUT2D eigenvalue weighted by Crippen LogP contribution is 2.40. The van der Waals surface area contributed by atoms with Crippen LogP contribution in [0.1, 0.15) is 59.6 Å². The quantitative estimate of drug-likeness (QED) is 0.726. The first-order valence-corrected chi connectivity index (χ1v) is 10.3. The summed E-state index contributed by atoms with van der Waals surface area (Å²) in [6.07, 6.45) is -0.0640. The van der Waals surface area contributed by atoms with Crippen molar-refractivity contribution in [1.29, 1.82) is 5.26 Å². The zero-order valence-electron chi connectivity index (χ0n) is 16.5. The summed E-state index contributed by atoms with van der Waals surface area (Å²) >= 11 is 0. The van der Waals surface area contributed by atoms with E-state index >= 15 is 0 Å². The SMILES string of the molecule is C[C@@H]1[C@@H](O)[C@H](c2ccc(C#N)c(Cc3ccc(C4CC4)cc3)c2)O[C@H](CO)[C@H]1O. The molecule has 0 unspecified atom stereocenters. The van der Waals surface area contributed by atoms with Gasteiger partial charge in [0.25, 0.3) is 0 Å². The van der Waals surface area contributed by atoms with Gasteiger partial charge in [0, 0.05) is 5.92 Å². The topological polar surface area (TPSA) is 93.7 Å². The Morgan fingerprint density at radius 1 is 1.03 bits per heavy atom. The molecule has 0 spiro atoms. The zero-order chi connectivity index (χ0) is 20.5. The minimum Gasteiger partial charge on any atom is -0.394 e. The van der Waals surface area contributed by atoms with E-state index in [1.165, 1.54) is 18.4 Å². The average molecular weight is 393 g/mol. The van der Waals surface area contributed by atoms with Crippen LogP contribution in [0.3, 0.4) is 0 Å². The van der Waals surface area contributed by atoms with Crippen LogP contribution in [0.15, 0.2) is 42.5 Å². The number of hydrogen-bond acceptors (Lipinski definition) is 5. The number of nitriles is 1. The molecule has 2 fully saturated rings. The molecule has 5 heteroatoms. The summed E-state index contributed by atoms with van der Waals surface area (Å²) in [5.41, 5.74) is 4.73. The minimum atomic E-state index is -0.922. The maximum absolute atomic E-state index is 10.6. The van der Waals surface area contributed by atoms with Crippen molar-refractivity contribution in [3.05, 3.63) is 70.3 Å². The first-order valence-electron chi connectivity index (χ1n) is 10.3. The van der Waals surface area contributed by atoms with Gasteiger partial charge in [0.2, 0.25) is 0 Å². The lowest BCUT2D eigenvalue weighted by molar-refractivity contribution is -0.207. The highest BCUT2D eigenvalue weighted by Gasteiger charge is 2.42. The average Bonchev–Trinajstić information content (AvgIpc) is 3.58. The molecule has 0 amide bonds. The van der Waals surface area contributed by atoms with Crippen LogP contribution in [0.2, 0.25) is 0 Å². The normalized spacial score (nSPS) is 29.4. The Bertz CT molecular complexity index is 898. The van der Waals surface area contributed by atoms with E-state index in [-0.39, 0.29) is 6.61 Å². The molecule has 29 heavy (non-hydrogen) atoms. The van der Waals surface area contributed by atoms with Crippen LogP contribution in [-0.4, -0.2) is 40.2 Å². The number of ether oxygens (including phenoxy) is 1. The molecule has 5 atom stereocenters. The maximum Gasteiger partial charge on any atom is 0.109 e. The van der Waals surface area contributed by atoms with E-state index in [9.17, 15) is 20.6 Å². The number of aliphatic hydroxyl groups is 3. The van der Waals surface area contributed by atoms with Gasteiger partial charge in [0.05, 0.1) is 30.4 Å². The fraction of sp³-hybridized carbons (Fsp3) is 0.458. The predicted octanol–water partition coefficient (Wildman–Crippen LogP) is 2.82. The molecule has 1 aliphatic carbocycles. The Hall–Kier alpha value is -2.23. The van der Waals surface area contributed by atoms with Gasteiger partial charge in [0.1, 0.15) is 12.2 Å². The Labute approximate surface area is 171 Å². The van der Waals surface area contributed by atoms with Gasteiger partial charge in [-0.2, -0.15) is 5.26 Å². The van der Waals surface area contributed by atoms with Crippen LogP contribution >= 0.6 is 0 Å². The molecule has 2 aromatic carbocycles. The number of benzene rings is 2. The standard InChI is InChI=1S/C24H27NO4/c1-14-22(27)21(13-26)29-24(23(14)28)18-8-9-19(12-25)20(11-18)10-15-2-4-16(5-3-15)17-6-7-17/h2-5,8-9,11,14,17,21-24,26-28H,6-7,10,13H2,1H3/t14-,21+,22-,23+,24-/m0/s1. The minimum absolute atomic E-state index is 0.314. The van der Waals surface area contributed by atoms with Crippen LogP contribution in [0.5, 0.6) is 0 Å². The number of hydrogen-bond donors (Lipinski definition) is 3. The fourth-order valence-electron chi connectivity index (χ4n) is 4.18. The van der Waals surface area contributed by atoms with E-state index in [2.05, 4.69) is 30.3 Å². The molecule has 3 N–H and O–H groups in total. The number of rotatable bonds is 5. The molecule has 0 aromatic heterocycles. The van der Waals surface area contributed by atoms with Gasteiger partial charge >= 0.3 is 0 Å². The smallest absolute Gasteiger partial charge is 0.109 e. The van der Waals surface area contributed by atoms with E-state index < -0.39 is 30.3 Å². The van der Waals surface area contributed by atoms with Crippen LogP contribution in [-0.2, 0) is 11.2 Å². The van der Waals surface area contributed by atoms with E-state index in [1.807, 2.05) is 6.07 Å². The van der Waals surface area contributed by atoms with Gasteiger partial charge in [-0.25, -0.2) is 0 Å². The first-order chi connectivity index (χ1) is 14.0. The number of nitrogens with zero attached hydrogens (tertiary/aromatic N) is 1. The molecule has 152 valence electrons. The third-order valence-corrected chi connectivity index (χ3v) is 6.27. The van der Waals surface area contributed by atoms with E-state index in [0.717, 1.165) is 16.7 Å². The van der Waals surface area contributed by atoms with E-state index in [1.54, 1.807) is 19.1 Å². The molecular formula is C24H27NO4. The van der Waals surface area contributed by atoms with Gasteiger partial charge in [-0.05, 0) is 53.5 Å². The summed E-state index contributed by atoms with van der Waals surface area (Å²) in [6.45, 7) is 1.44. The summed E-state index contributed by atoms with van der Waals surface area (Å²) in [5, 5.41) is 39.9. The Morgan fingerprint density at radius 2 is 1.72 bits per heavy atom. The maximum atomic E-state index is 10.6. The second-order valence-electron chi connectivity index (χ2n) is 8.34. The van der Waals surface area contributed by atoms with Gasteiger partial charge < -0.3 is 20.1 Å². The van der Waals surface area contributed by atoms with E-state index in [0.29, 0.717) is 17.9 Å². The van der Waals surface area contributed by atoms with Crippen molar-refractivity contribution in [1.82, 2.24) is 0 Å². The molecule has 0 radical (unpaired) electrons. The molecule has 1 heterocycles. The van der Waals surface area contributed by atoms with Crippen molar-refractivity contribution >= 4 is 0 Å². The molecule has 0 bridgehead atoms. The lowest BCUT2D eigenvalue weighted by atomic mass is 9.84. The lowest BCUT2D eigenvalue weighted by Crippen LogP contribution is -2.50. The van der Waals surface area contributed by atoms with Crippen molar-refractivity contribution < 1.29 is 20.1 Å². The molecule has 2 aliphatic rings. The summed E-state index contributed by atoms with van der Waals surface area (Å²) in [7, 11) is 0. The third kappa shape index (κ3) is 4.08. The van der Waals surface area contributed by atoms with Crippen molar-refractivity contribution in [2.24, 2.45) is 5.92 Å². The third-order valence-electron chi connectivity index (χ3n) is 6.27. The Balaban J connectivity index is 1.60. The van der Waals surface area contributed by atoms with Gasteiger partial charge in [-0.3, -0.25) is 0 Å². The molecule has 4 rings (SSSR count). The summed E-state index contributed by atoms with van der Waals surface area (Å²) in [4.78, 5) is 0. The van der Waals surface area contributed by atoms with Gasteiger partial charge in [-0.15, -0.1) is 0 Å². The van der Waals surface area contributed by atoms with Crippen molar-refractivity contribution in [3.63, 3.8) is 0 Å². The fourth-order valence-corrected chi connectivity index (χ4v) is 4.18. The predicted molar refractivity (Wildman–Crippen MR) is 108 cm³/mol. The molecular weight excluding hydrogens is 366 g/mol. The van der Waals surface area contributed by atoms with E-state index in [4.69, 9.17) is 4.74 Å². The number of aliphatic hydroxyl groups excluding tert-OH is 3. The summed E-state index contributed by atoms with van der Waals surface area (Å²) in [5.74, 6) is 0.281. The van der Waals surface area contributed by atoms with Crippen molar-refractivity contribution in [3.8, 4) is 6.07 Å². The molecule has 1 saturated heterocycles. The molecule has 2 aromatic rings. The second-order valence-corrected chi connectivity index (χ2v) is 8.34. The summed E-state index contributed by atoms with van der Waals surface area (Å²) < 4.78 is 5.81. The largest absolute Gasteiger partial charge is 0.394 e. The molecule has 1 saturated carbocycles. The van der Waals surface area contributed by atoms with Crippen LogP contribution in [0, 0.1) is 17.2 Å². The van der Waals surface area contributed by atoms with Crippen molar-refractivity contribution in [2.45, 2.75) is 56.5 Å². The monoisotopic (exact) mass is 393 g/mol. The van der Waals surface area contributed by atoms with Crippen LogP contribution in [0.4, 0.5) is 0 Å². The van der Waals surface area contributed by atoms with Crippen LogP contribution < -0.4 is 0 Å². The Morgan fingerprint density at radius 3 is 2.34 bits per heavy atom.